The summed E-state index contributed by atoms with van der Waals surface area (Å²) in [7, 11) is 0. The van der Waals surface area contributed by atoms with Gasteiger partial charge in [0.05, 0.1) is 48.7 Å². The van der Waals surface area contributed by atoms with Crippen LogP contribution < -0.4 is 18.9 Å². The van der Waals surface area contributed by atoms with Crippen molar-refractivity contribution in [1.29, 1.82) is 0 Å². The van der Waals surface area contributed by atoms with E-state index in [2.05, 4.69) is 27.7 Å². The Morgan fingerprint density at radius 3 is 0.914 bits per heavy atom. The highest BCUT2D eigenvalue weighted by Gasteiger charge is 2.14. The first-order valence-corrected chi connectivity index (χ1v) is 24.7. The Morgan fingerprint density at radius 2 is 0.600 bits per heavy atom. The van der Waals surface area contributed by atoms with Crippen LogP contribution in [0.25, 0.3) is 22.3 Å². The van der Waals surface area contributed by atoms with Crippen LogP contribution in [0, 0.1) is 11.8 Å². The maximum atomic E-state index is 12.8. The zero-order valence-corrected chi connectivity index (χ0v) is 41.0. The quantitative estimate of drug-likeness (QED) is 0.0280. The average molecular weight is 947 g/mol. The van der Waals surface area contributed by atoms with E-state index in [0.717, 1.165) is 73.6 Å². The number of rotatable bonds is 27. The lowest BCUT2D eigenvalue weighted by molar-refractivity contribution is 0.0438. The maximum Gasteiger partial charge on any atom is 0.343 e. The molecule has 6 aromatic rings. The summed E-state index contributed by atoms with van der Waals surface area (Å²) in [5.74, 6) is 1.43. The molecule has 0 spiro atoms. The van der Waals surface area contributed by atoms with Crippen molar-refractivity contribution in [2.45, 2.75) is 91.9 Å². The highest BCUT2D eigenvalue weighted by molar-refractivity contribution is 5.93. The van der Waals surface area contributed by atoms with Gasteiger partial charge in [-0.25, -0.2) is 19.2 Å². The first-order chi connectivity index (χ1) is 34.1. The molecular weight excluding hydrogens is 881 g/mol. The molecule has 0 N–H and O–H groups in total. The lowest BCUT2D eigenvalue weighted by atomic mass is 10.0. The molecule has 0 bridgehead atoms. The van der Waals surface area contributed by atoms with E-state index >= 15 is 0 Å². The summed E-state index contributed by atoms with van der Waals surface area (Å²) in [6.07, 6.45) is 10.7. The third kappa shape index (κ3) is 16.8. The van der Waals surface area contributed by atoms with Crippen molar-refractivity contribution in [3.63, 3.8) is 0 Å². The Balaban J connectivity index is 0.774. The molecule has 0 aromatic heterocycles. The van der Waals surface area contributed by atoms with Gasteiger partial charge in [0.15, 0.2) is 0 Å². The molecule has 0 heterocycles. The minimum absolute atomic E-state index is 0.324. The standard InChI is InChI=1S/C60H66O10/c1-5-43(3)41-67-57(61)49-19-15-45(16-20-49)47-23-35-55(36-24-47)69-59(63)51-27-31-53(32-28-51)65-39-13-11-9-7-8-10-12-14-40-66-54-33-29-52(30-34-54)60(64)70-56-37-25-48(26-38-56)46-17-21-50(22-18-46)58(62)68-42-44(4)6-2/h15-38,43-44H,5-14,39-42H2,1-4H3/t43-,44-/m0/s1. The van der Waals surface area contributed by atoms with E-state index < -0.39 is 11.9 Å². The highest BCUT2D eigenvalue weighted by Crippen LogP contribution is 2.26. The number of hydrogen-bond acceptors (Lipinski definition) is 10. The molecule has 2 atom stereocenters. The van der Waals surface area contributed by atoms with E-state index in [9.17, 15) is 19.2 Å². The number of benzene rings is 6. The van der Waals surface area contributed by atoms with Crippen LogP contribution in [0.4, 0.5) is 0 Å². The Labute approximate surface area is 413 Å². The first kappa shape index (κ1) is 52.2. The Kier molecular flexibility index (Phi) is 20.7. The summed E-state index contributed by atoms with van der Waals surface area (Å²) >= 11 is 0. The first-order valence-electron chi connectivity index (χ1n) is 24.7. The minimum Gasteiger partial charge on any atom is -0.494 e. The molecule has 0 amide bonds. The van der Waals surface area contributed by atoms with Crippen molar-refractivity contribution >= 4 is 23.9 Å². The van der Waals surface area contributed by atoms with Gasteiger partial charge in [-0.05, 0) is 144 Å². The predicted molar refractivity (Wildman–Crippen MR) is 274 cm³/mol. The van der Waals surface area contributed by atoms with Gasteiger partial charge in [0.1, 0.15) is 23.0 Å². The van der Waals surface area contributed by atoms with Gasteiger partial charge >= 0.3 is 23.9 Å². The molecule has 0 saturated heterocycles. The Bertz CT molecular complexity index is 2350. The van der Waals surface area contributed by atoms with Gasteiger partial charge in [0.2, 0.25) is 0 Å². The molecule has 0 aliphatic rings. The van der Waals surface area contributed by atoms with Crippen LogP contribution in [-0.2, 0) is 9.47 Å². The molecule has 0 aliphatic carbocycles. The van der Waals surface area contributed by atoms with E-state index in [1.54, 1.807) is 97.1 Å². The van der Waals surface area contributed by atoms with Gasteiger partial charge in [-0.3, -0.25) is 0 Å². The largest absolute Gasteiger partial charge is 0.494 e. The van der Waals surface area contributed by atoms with Crippen LogP contribution >= 0.6 is 0 Å². The van der Waals surface area contributed by atoms with Gasteiger partial charge in [0, 0.05) is 0 Å². The smallest absolute Gasteiger partial charge is 0.343 e. The third-order valence-corrected chi connectivity index (χ3v) is 12.2. The van der Waals surface area contributed by atoms with Crippen LogP contribution in [-0.4, -0.2) is 50.3 Å². The van der Waals surface area contributed by atoms with E-state index in [0.29, 0.717) is 83.5 Å². The molecule has 0 radical (unpaired) electrons. The zero-order valence-electron chi connectivity index (χ0n) is 41.0. The third-order valence-electron chi connectivity index (χ3n) is 12.2. The molecule has 10 heteroatoms. The summed E-state index contributed by atoms with van der Waals surface area (Å²) in [5.41, 5.74) is 5.64. The lowest BCUT2D eigenvalue weighted by Gasteiger charge is -2.10. The maximum absolute atomic E-state index is 12.8. The molecule has 0 fully saturated rings. The fraction of sp³-hybridized carbons (Fsp3) is 0.333. The van der Waals surface area contributed by atoms with E-state index in [1.807, 2.05) is 48.5 Å². The second-order valence-electron chi connectivity index (χ2n) is 17.8. The summed E-state index contributed by atoms with van der Waals surface area (Å²) < 4.78 is 33.9. The van der Waals surface area contributed by atoms with Crippen LogP contribution in [0.1, 0.15) is 133 Å². The van der Waals surface area contributed by atoms with Crippen molar-refractivity contribution in [2.24, 2.45) is 11.8 Å². The van der Waals surface area contributed by atoms with Gasteiger partial charge in [-0.1, -0.05) is 128 Å². The summed E-state index contributed by atoms with van der Waals surface area (Å²) in [6, 6.07) is 43.1. The van der Waals surface area contributed by atoms with Crippen LogP contribution in [0.2, 0.25) is 0 Å². The molecule has 0 aliphatic heterocycles. The molecule has 0 unspecified atom stereocenters. The molecule has 6 rings (SSSR count). The number of unbranched alkanes of at least 4 members (excludes halogenated alkanes) is 7. The molecular formula is C60H66O10. The Hall–Kier alpha value is -7.20. The van der Waals surface area contributed by atoms with E-state index in [-0.39, 0.29) is 11.9 Å². The summed E-state index contributed by atoms with van der Waals surface area (Å²) in [4.78, 5) is 50.3. The van der Waals surface area contributed by atoms with Crippen LogP contribution in [0.5, 0.6) is 23.0 Å². The Morgan fingerprint density at radius 1 is 0.343 bits per heavy atom. The summed E-state index contributed by atoms with van der Waals surface area (Å²) in [5, 5.41) is 0. The second-order valence-corrected chi connectivity index (χ2v) is 17.8. The van der Waals surface area contributed by atoms with Crippen LogP contribution in [0.15, 0.2) is 146 Å². The van der Waals surface area contributed by atoms with Crippen molar-refractivity contribution in [3.05, 3.63) is 168 Å². The highest BCUT2D eigenvalue weighted by atomic mass is 16.5. The zero-order chi connectivity index (χ0) is 49.5. The number of esters is 4. The van der Waals surface area contributed by atoms with Crippen molar-refractivity contribution in [1.82, 2.24) is 0 Å². The number of ether oxygens (including phenoxy) is 6. The molecule has 6 aromatic carbocycles. The van der Waals surface area contributed by atoms with Crippen molar-refractivity contribution < 1.29 is 47.6 Å². The van der Waals surface area contributed by atoms with E-state index in [4.69, 9.17) is 28.4 Å². The average Bonchev–Trinajstić information content (AvgIpc) is 3.40. The number of hydrogen-bond donors (Lipinski definition) is 0. The van der Waals surface area contributed by atoms with Gasteiger partial charge < -0.3 is 28.4 Å². The number of carbonyl (C=O) groups is 4. The van der Waals surface area contributed by atoms with E-state index in [1.165, 1.54) is 12.8 Å². The van der Waals surface area contributed by atoms with Gasteiger partial charge in [0.25, 0.3) is 0 Å². The normalized spacial score (nSPS) is 11.8. The lowest BCUT2D eigenvalue weighted by Crippen LogP contribution is -2.11. The van der Waals surface area contributed by atoms with Crippen molar-refractivity contribution in [2.75, 3.05) is 26.4 Å². The second kappa shape index (κ2) is 27.7. The minimum atomic E-state index is -0.446. The molecule has 10 nitrogen and oxygen atoms in total. The fourth-order valence-electron chi connectivity index (χ4n) is 7.22. The number of carbonyl (C=O) groups excluding carboxylic acids is 4. The van der Waals surface area contributed by atoms with Gasteiger partial charge in [-0.15, -0.1) is 0 Å². The predicted octanol–water partition coefficient (Wildman–Crippen LogP) is 14.4. The van der Waals surface area contributed by atoms with Crippen LogP contribution in [0.3, 0.4) is 0 Å². The molecule has 366 valence electrons. The monoisotopic (exact) mass is 946 g/mol. The molecule has 70 heavy (non-hydrogen) atoms. The molecule has 0 saturated carbocycles. The fourth-order valence-corrected chi connectivity index (χ4v) is 7.22. The van der Waals surface area contributed by atoms with Gasteiger partial charge in [-0.2, -0.15) is 0 Å². The SMILES string of the molecule is CC[C@H](C)COC(=O)c1ccc(-c2ccc(OC(=O)c3ccc(OCCCCCCCCCCOc4ccc(C(=O)Oc5ccc(-c6ccc(C(=O)OC[C@@H](C)CC)cc6)cc5)cc4)cc3)cc2)cc1. The summed E-state index contributed by atoms with van der Waals surface area (Å²) in [6.45, 7) is 10.3. The topological polar surface area (TPSA) is 124 Å². The van der Waals surface area contributed by atoms with Crippen molar-refractivity contribution in [3.8, 4) is 45.3 Å².